The summed E-state index contributed by atoms with van der Waals surface area (Å²) in [7, 11) is 0. The van der Waals surface area contributed by atoms with Crippen LogP contribution in [0.15, 0.2) is 60.3 Å². The van der Waals surface area contributed by atoms with Gasteiger partial charge in [-0.2, -0.15) is 0 Å². The van der Waals surface area contributed by atoms with Gasteiger partial charge in [0, 0.05) is 24.8 Å². The van der Waals surface area contributed by atoms with Crippen molar-refractivity contribution in [3.05, 3.63) is 60.3 Å². The lowest BCUT2D eigenvalue weighted by atomic mass is 9.78. The molecule has 3 N–H and O–H groups in total. The van der Waals surface area contributed by atoms with Crippen LogP contribution >= 0.6 is 0 Å². The van der Waals surface area contributed by atoms with Gasteiger partial charge in [-0.25, -0.2) is 4.79 Å². The van der Waals surface area contributed by atoms with Crippen LogP contribution in [0, 0.1) is 11.8 Å². The number of aliphatic carboxylic acids is 2. The number of carbonyl (C=O) groups is 3. The van der Waals surface area contributed by atoms with E-state index >= 15 is 0 Å². The first-order valence-electron chi connectivity index (χ1n) is 16.8. The number of unbranched alkanes of at least 4 members (excludes halogenated alkanes) is 3. The van der Waals surface area contributed by atoms with E-state index in [1.165, 1.54) is 6.08 Å². The summed E-state index contributed by atoms with van der Waals surface area (Å²) in [6.07, 6.45) is 17.8. The molecule has 2 aliphatic heterocycles. The Balaban J connectivity index is 2.25. The number of carbonyl (C=O) groups excluding carboxylic acids is 1. The summed E-state index contributed by atoms with van der Waals surface area (Å²) in [6, 6.07) is 0. The Morgan fingerprint density at radius 2 is 1.74 bits per heavy atom. The van der Waals surface area contributed by atoms with Gasteiger partial charge in [-0.15, -0.1) is 0 Å². The number of carboxylic acids is 2. The molecule has 2 aliphatic rings. The lowest BCUT2D eigenvalue weighted by Crippen LogP contribution is -2.59. The summed E-state index contributed by atoms with van der Waals surface area (Å²) in [5.41, 5.74) is 0.860. The van der Waals surface area contributed by atoms with E-state index in [2.05, 4.69) is 26.5 Å². The monoisotopic (exact) mass is 644 g/mol. The minimum atomic E-state index is -1.05. The molecule has 2 saturated heterocycles. The van der Waals surface area contributed by atoms with Crippen molar-refractivity contribution < 1.29 is 43.9 Å². The molecule has 9 heteroatoms. The molecule has 0 aliphatic carbocycles. The van der Waals surface area contributed by atoms with Crippen LogP contribution in [0.1, 0.15) is 112 Å². The lowest BCUT2D eigenvalue weighted by Gasteiger charge is -2.53. The maximum absolute atomic E-state index is 12.9. The zero-order valence-corrected chi connectivity index (χ0v) is 28.4. The molecule has 1 spiro atoms. The molecule has 0 aromatic rings. The van der Waals surface area contributed by atoms with Gasteiger partial charge in [-0.1, -0.05) is 94.2 Å². The van der Waals surface area contributed by atoms with E-state index in [0.717, 1.165) is 49.3 Å². The number of hydrogen-bond donors (Lipinski definition) is 3. The third-order valence-corrected chi connectivity index (χ3v) is 8.95. The molecule has 0 aromatic carbocycles. The SMILES string of the molecule is C=C(C)C=C[C@@H]1O[C@@]2(CC[C@H](C)[C@@H](CC=C(C)C=C[C@H](O)[C@@H](C)C=CC(=O)O)O2)CC[C@@]1(CCCCCC)OC(=O)CCC(=O)O. The highest BCUT2D eigenvalue weighted by Crippen LogP contribution is 2.48. The number of aliphatic hydroxyl groups excluding tert-OH is 1. The van der Waals surface area contributed by atoms with E-state index in [1.54, 1.807) is 13.0 Å². The van der Waals surface area contributed by atoms with E-state index in [-0.39, 0.29) is 30.8 Å². The minimum Gasteiger partial charge on any atom is -0.481 e. The predicted octanol–water partition coefficient (Wildman–Crippen LogP) is 7.46. The minimum absolute atomic E-state index is 0.111. The Bertz CT molecular complexity index is 1150. The number of allylic oxidation sites excluding steroid dienone is 4. The van der Waals surface area contributed by atoms with Gasteiger partial charge in [0.2, 0.25) is 0 Å². The molecule has 9 nitrogen and oxygen atoms in total. The Morgan fingerprint density at radius 3 is 2.39 bits per heavy atom. The van der Waals surface area contributed by atoms with E-state index < -0.39 is 41.5 Å². The largest absolute Gasteiger partial charge is 0.481 e. The second-order valence-corrected chi connectivity index (χ2v) is 13.2. The third-order valence-electron chi connectivity index (χ3n) is 8.95. The molecule has 2 rings (SSSR count). The first kappa shape index (κ1) is 39.2. The Kier molecular flexibility index (Phi) is 16.2. The van der Waals surface area contributed by atoms with Crippen LogP contribution in [0.4, 0.5) is 0 Å². The average molecular weight is 645 g/mol. The van der Waals surface area contributed by atoms with Crippen LogP contribution in [0.25, 0.3) is 0 Å². The standard InChI is InChI=1S/C37H56O9/c1-7-8-9-10-22-36(46-35(43)20-19-34(41)42)24-25-37(45-32(36)17-11-26(2)3)23-21-29(6)31(44-37)16-13-27(4)12-15-30(38)28(5)14-18-33(39)40/h11-15,17-18,28-32,38H,2,7-10,16,19-25H2,1,3-6H3,(H,39,40)(H,41,42)/t28-,29-,30-,31+,32-,36+,37-/m0/s1. The van der Waals surface area contributed by atoms with E-state index in [9.17, 15) is 19.5 Å². The van der Waals surface area contributed by atoms with Gasteiger partial charge in [-0.05, 0) is 51.9 Å². The van der Waals surface area contributed by atoms with Crippen LogP contribution in [0.2, 0.25) is 0 Å². The molecular formula is C37H56O9. The van der Waals surface area contributed by atoms with Gasteiger partial charge in [0.15, 0.2) is 5.79 Å². The number of hydrogen-bond acceptors (Lipinski definition) is 7. The zero-order valence-electron chi connectivity index (χ0n) is 28.4. The molecule has 0 bridgehead atoms. The molecule has 2 fully saturated rings. The summed E-state index contributed by atoms with van der Waals surface area (Å²) < 4.78 is 19.8. The summed E-state index contributed by atoms with van der Waals surface area (Å²) in [4.78, 5) is 34.8. The molecule has 0 radical (unpaired) electrons. The highest BCUT2D eigenvalue weighted by molar-refractivity contribution is 5.79. The van der Waals surface area contributed by atoms with E-state index in [1.807, 2.05) is 32.1 Å². The number of carboxylic acid groups (broad SMARTS) is 2. The Labute approximate surface area is 275 Å². The fraction of sp³-hybridized carbons (Fsp3) is 0.649. The highest BCUT2D eigenvalue weighted by Gasteiger charge is 2.54. The Morgan fingerprint density at radius 1 is 1.00 bits per heavy atom. The molecule has 0 saturated carbocycles. The zero-order chi connectivity index (χ0) is 34.3. The van der Waals surface area contributed by atoms with Gasteiger partial charge >= 0.3 is 17.9 Å². The molecule has 0 aromatic heterocycles. The quantitative estimate of drug-likeness (QED) is 0.0600. The topological polar surface area (TPSA) is 140 Å². The van der Waals surface area contributed by atoms with Gasteiger partial charge < -0.3 is 29.5 Å². The summed E-state index contributed by atoms with van der Waals surface area (Å²) in [5, 5.41) is 28.3. The molecule has 258 valence electrons. The van der Waals surface area contributed by atoms with Gasteiger partial charge in [-0.3, -0.25) is 9.59 Å². The molecule has 0 amide bonds. The predicted molar refractivity (Wildman–Crippen MR) is 178 cm³/mol. The molecular weight excluding hydrogens is 588 g/mol. The van der Waals surface area contributed by atoms with Crippen LogP contribution < -0.4 is 0 Å². The number of aliphatic hydroxyl groups is 1. The first-order valence-corrected chi connectivity index (χ1v) is 16.8. The van der Waals surface area contributed by atoms with Crippen molar-refractivity contribution in [1.29, 1.82) is 0 Å². The fourth-order valence-corrected chi connectivity index (χ4v) is 5.95. The van der Waals surface area contributed by atoms with Crippen molar-refractivity contribution in [1.82, 2.24) is 0 Å². The van der Waals surface area contributed by atoms with Crippen molar-refractivity contribution in [3.8, 4) is 0 Å². The summed E-state index contributed by atoms with van der Waals surface area (Å²) in [5.74, 6) is -3.52. The number of esters is 1. The molecule has 0 unspecified atom stereocenters. The van der Waals surface area contributed by atoms with Crippen LogP contribution in [-0.2, 0) is 28.6 Å². The maximum Gasteiger partial charge on any atom is 0.327 e. The van der Waals surface area contributed by atoms with E-state index in [4.69, 9.17) is 24.4 Å². The van der Waals surface area contributed by atoms with Crippen molar-refractivity contribution in [2.45, 2.75) is 141 Å². The van der Waals surface area contributed by atoms with Gasteiger partial charge in [0.25, 0.3) is 0 Å². The van der Waals surface area contributed by atoms with Crippen LogP contribution in [-0.4, -0.2) is 62.9 Å². The van der Waals surface area contributed by atoms with E-state index in [0.29, 0.717) is 32.1 Å². The number of ether oxygens (including phenoxy) is 3. The van der Waals surface area contributed by atoms with Crippen LogP contribution in [0.3, 0.4) is 0 Å². The summed E-state index contributed by atoms with van der Waals surface area (Å²) in [6.45, 7) is 13.9. The fourth-order valence-electron chi connectivity index (χ4n) is 5.95. The van der Waals surface area contributed by atoms with Crippen LogP contribution in [0.5, 0.6) is 0 Å². The summed E-state index contributed by atoms with van der Waals surface area (Å²) >= 11 is 0. The molecule has 46 heavy (non-hydrogen) atoms. The van der Waals surface area contributed by atoms with Crippen molar-refractivity contribution in [3.63, 3.8) is 0 Å². The van der Waals surface area contributed by atoms with Crippen molar-refractivity contribution >= 4 is 17.9 Å². The maximum atomic E-state index is 12.9. The lowest BCUT2D eigenvalue weighted by molar-refractivity contribution is -0.344. The average Bonchev–Trinajstić information content (AvgIpc) is 3.00. The smallest absolute Gasteiger partial charge is 0.327 e. The molecule has 7 atom stereocenters. The van der Waals surface area contributed by atoms with Crippen molar-refractivity contribution in [2.75, 3.05) is 0 Å². The third kappa shape index (κ3) is 13.0. The normalized spacial score (nSPS) is 28.6. The van der Waals surface area contributed by atoms with Gasteiger partial charge in [0.05, 0.1) is 25.0 Å². The second kappa shape index (κ2) is 19.0. The van der Waals surface area contributed by atoms with Crippen molar-refractivity contribution in [2.24, 2.45) is 11.8 Å². The second-order valence-electron chi connectivity index (χ2n) is 13.2. The van der Waals surface area contributed by atoms with Gasteiger partial charge in [0.1, 0.15) is 11.7 Å². The Hall–Kier alpha value is -3.01. The number of rotatable bonds is 18. The molecule has 2 heterocycles. The highest BCUT2D eigenvalue weighted by atomic mass is 16.7. The first-order chi connectivity index (χ1) is 21.7.